The molecule has 0 fully saturated rings. The van der Waals surface area contributed by atoms with Crippen molar-refractivity contribution in [2.45, 2.75) is 51.1 Å². The van der Waals surface area contributed by atoms with Gasteiger partial charge in [0, 0.05) is 23.7 Å². The number of aromatic nitrogens is 2. The molecule has 3 aliphatic rings. The molecule has 0 spiro atoms. The van der Waals surface area contributed by atoms with Crippen molar-refractivity contribution in [1.82, 2.24) is 9.97 Å². The predicted octanol–water partition coefficient (Wildman–Crippen LogP) is 5.36. The van der Waals surface area contributed by atoms with Crippen molar-refractivity contribution in [3.63, 3.8) is 0 Å². The molecule has 3 aromatic rings. The van der Waals surface area contributed by atoms with Gasteiger partial charge in [-0.05, 0) is 55.4 Å². The summed E-state index contributed by atoms with van der Waals surface area (Å²) in [5.41, 5.74) is 8.10. The fourth-order valence-electron chi connectivity index (χ4n) is 5.75. The number of benzene rings is 2. The maximum atomic E-state index is 5.12. The highest BCUT2D eigenvalue weighted by Crippen LogP contribution is 2.55. The SMILES string of the molecule is CCC12CCC3N(C)c4cnc(-c5ccccc5C)nc4N3c3ccc(cc31)C2. The van der Waals surface area contributed by atoms with Gasteiger partial charge in [0.25, 0.3) is 0 Å². The van der Waals surface area contributed by atoms with E-state index < -0.39 is 0 Å². The van der Waals surface area contributed by atoms with Crippen LogP contribution in [0.15, 0.2) is 48.7 Å². The average molecular weight is 383 g/mol. The van der Waals surface area contributed by atoms with Crippen LogP contribution in [0.3, 0.4) is 0 Å². The second kappa shape index (κ2) is 5.82. The summed E-state index contributed by atoms with van der Waals surface area (Å²) in [6.07, 6.45) is 7.07. The molecule has 0 N–H and O–H groups in total. The predicted molar refractivity (Wildman–Crippen MR) is 118 cm³/mol. The molecule has 1 aliphatic carbocycles. The minimum Gasteiger partial charge on any atom is -0.350 e. The van der Waals surface area contributed by atoms with Crippen LogP contribution in [-0.4, -0.2) is 23.2 Å². The standard InChI is InChI=1S/C25H26N4/c1-4-25-12-11-22-28(3)21-15-26-23(18-8-6-5-7-16(18)2)27-24(21)29(22)20-10-9-17(14-25)13-19(20)25/h5-10,13,15,22H,4,11-12,14H2,1-3H3. The Morgan fingerprint density at radius 3 is 2.83 bits per heavy atom. The van der Waals surface area contributed by atoms with Gasteiger partial charge in [-0.2, -0.15) is 0 Å². The molecule has 2 bridgehead atoms. The maximum absolute atomic E-state index is 5.12. The summed E-state index contributed by atoms with van der Waals surface area (Å²) in [6.45, 7) is 4.48. The van der Waals surface area contributed by atoms with Crippen LogP contribution < -0.4 is 9.80 Å². The van der Waals surface area contributed by atoms with Crippen molar-refractivity contribution in [3.8, 4) is 11.4 Å². The molecule has 0 radical (unpaired) electrons. The zero-order chi connectivity index (χ0) is 19.8. The lowest BCUT2D eigenvalue weighted by Crippen LogP contribution is -2.38. The average Bonchev–Trinajstić information content (AvgIpc) is 3.14. The minimum atomic E-state index is 0.297. The third-order valence-corrected chi connectivity index (χ3v) is 7.48. The summed E-state index contributed by atoms with van der Waals surface area (Å²) in [5.74, 6) is 1.86. The van der Waals surface area contributed by atoms with Crippen LogP contribution in [0.5, 0.6) is 0 Å². The van der Waals surface area contributed by atoms with Crippen molar-refractivity contribution >= 4 is 17.2 Å². The first kappa shape index (κ1) is 17.0. The molecular weight excluding hydrogens is 356 g/mol. The first-order valence-electron chi connectivity index (χ1n) is 10.7. The van der Waals surface area contributed by atoms with Crippen LogP contribution in [0.4, 0.5) is 17.2 Å². The van der Waals surface area contributed by atoms with Crippen molar-refractivity contribution < 1.29 is 0 Å². The van der Waals surface area contributed by atoms with Crippen molar-refractivity contribution in [1.29, 1.82) is 0 Å². The van der Waals surface area contributed by atoms with Crippen molar-refractivity contribution in [3.05, 3.63) is 65.4 Å². The zero-order valence-corrected chi connectivity index (χ0v) is 17.3. The van der Waals surface area contributed by atoms with Gasteiger partial charge in [-0.25, -0.2) is 9.97 Å². The Kier molecular flexibility index (Phi) is 3.41. The normalized spacial score (nSPS) is 23.8. The van der Waals surface area contributed by atoms with Crippen molar-refractivity contribution in [2.24, 2.45) is 0 Å². The molecule has 0 saturated carbocycles. The second-order valence-corrected chi connectivity index (χ2v) is 8.88. The van der Waals surface area contributed by atoms with Gasteiger partial charge in [-0.3, -0.25) is 0 Å². The molecule has 29 heavy (non-hydrogen) atoms. The molecule has 2 atom stereocenters. The Bertz CT molecular complexity index is 1140. The Morgan fingerprint density at radius 2 is 2.00 bits per heavy atom. The summed E-state index contributed by atoms with van der Waals surface area (Å²) in [5, 5.41) is 0. The van der Waals surface area contributed by atoms with Gasteiger partial charge in [0.15, 0.2) is 11.6 Å². The van der Waals surface area contributed by atoms with Crippen LogP contribution in [0.2, 0.25) is 0 Å². The number of nitrogens with zero attached hydrogens (tertiary/aromatic N) is 4. The molecule has 6 rings (SSSR count). The van der Waals surface area contributed by atoms with E-state index in [1.807, 2.05) is 6.20 Å². The van der Waals surface area contributed by atoms with E-state index in [0.717, 1.165) is 29.3 Å². The lowest BCUT2D eigenvalue weighted by Gasteiger charge is -2.29. The third kappa shape index (κ3) is 2.20. The summed E-state index contributed by atoms with van der Waals surface area (Å²) in [6, 6.07) is 15.5. The van der Waals surface area contributed by atoms with E-state index in [0.29, 0.717) is 11.6 Å². The molecule has 2 aliphatic heterocycles. The maximum Gasteiger partial charge on any atom is 0.162 e. The number of anilines is 3. The fraction of sp³-hybridized carbons (Fsp3) is 0.360. The Morgan fingerprint density at radius 1 is 1.14 bits per heavy atom. The monoisotopic (exact) mass is 382 g/mol. The summed E-state index contributed by atoms with van der Waals surface area (Å²) >= 11 is 0. The molecule has 4 heteroatoms. The number of aryl methyl sites for hydroxylation is 1. The molecule has 2 unspecified atom stereocenters. The van der Waals surface area contributed by atoms with E-state index in [9.17, 15) is 0 Å². The quantitative estimate of drug-likeness (QED) is 0.597. The Balaban J connectivity index is 1.55. The fourth-order valence-corrected chi connectivity index (χ4v) is 5.75. The molecule has 0 saturated heterocycles. The molecular formula is C25H26N4. The first-order valence-corrected chi connectivity index (χ1v) is 10.7. The van der Waals surface area contributed by atoms with Crippen LogP contribution in [-0.2, 0) is 11.8 Å². The van der Waals surface area contributed by atoms with E-state index in [2.05, 4.69) is 73.2 Å². The van der Waals surface area contributed by atoms with Crippen LogP contribution in [0, 0.1) is 6.92 Å². The van der Waals surface area contributed by atoms with Gasteiger partial charge in [0.1, 0.15) is 11.9 Å². The van der Waals surface area contributed by atoms with E-state index in [4.69, 9.17) is 9.97 Å². The van der Waals surface area contributed by atoms with Gasteiger partial charge in [0.05, 0.1) is 6.20 Å². The van der Waals surface area contributed by atoms with Crippen LogP contribution >= 0.6 is 0 Å². The Hall–Kier alpha value is -2.88. The summed E-state index contributed by atoms with van der Waals surface area (Å²) in [4.78, 5) is 14.7. The van der Waals surface area contributed by atoms with Crippen molar-refractivity contribution in [2.75, 3.05) is 16.8 Å². The molecule has 1 aromatic heterocycles. The minimum absolute atomic E-state index is 0.297. The van der Waals surface area contributed by atoms with Gasteiger partial charge in [0.2, 0.25) is 0 Å². The van der Waals surface area contributed by atoms with Gasteiger partial charge >= 0.3 is 0 Å². The lowest BCUT2D eigenvalue weighted by molar-refractivity contribution is 0.374. The van der Waals surface area contributed by atoms with Gasteiger partial charge < -0.3 is 9.80 Å². The first-order chi connectivity index (χ1) is 14.1. The van der Waals surface area contributed by atoms with E-state index in [1.54, 1.807) is 0 Å². The number of hydrogen-bond acceptors (Lipinski definition) is 4. The number of rotatable bonds is 2. The largest absolute Gasteiger partial charge is 0.350 e. The highest BCUT2D eigenvalue weighted by molar-refractivity contribution is 5.84. The van der Waals surface area contributed by atoms with Crippen LogP contribution in [0.25, 0.3) is 11.4 Å². The second-order valence-electron chi connectivity index (χ2n) is 8.88. The van der Waals surface area contributed by atoms with E-state index in [1.165, 1.54) is 41.6 Å². The summed E-state index contributed by atoms with van der Waals surface area (Å²) in [7, 11) is 2.19. The zero-order valence-electron chi connectivity index (χ0n) is 17.3. The highest BCUT2D eigenvalue weighted by Gasteiger charge is 2.47. The van der Waals surface area contributed by atoms with Gasteiger partial charge in [-0.15, -0.1) is 0 Å². The number of hydrogen-bond donors (Lipinski definition) is 0. The molecule has 0 amide bonds. The summed E-state index contributed by atoms with van der Waals surface area (Å²) < 4.78 is 0. The molecule has 3 heterocycles. The molecule has 146 valence electrons. The smallest absolute Gasteiger partial charge is 0.162 e. The van der Waals surface area contributed by atoms with E-state index >= 15 is 0 Å². The number of fused-ring (bicyclic) bond motifs is 5. The highest BCUT2D eigenvalue weighted by atomic mass is 15.4. The Labute approximate surface area is 172 Å². The topological polar surface area (TPSA) is 32.3 Å². The van der Waals surface area contributed by atoms with Gasteiger partial charge in [-0.1, -0.05) is 43.3 Å². The molecule has 4 nitrogen and oxygen atoms in total. The van der Waals surface area contributed by atoms with E-state index in [-0.39, 0.29) is 0 Å². The molecule has 2 aromatic carbocycles. The lowest BCUT2D eigenvalue weighted by atomic mass is 9.76. The third-order valence-electron chi connectivity index (χ3n) is 7.48. The van der Waals surface area contributed by atoms with Crippen LogP contribution in [0.1, 0.15) is 42.9 Å².